The largest absolute Gasteiger partial charge is 0.462 e. The molecule has 0 unspecified atom stereocenters. The highest BCUT2D eigenvalue weighted by Crippen LogP contribution is 2.16. The summed E-state index contributed by atoms with van der Waals surface area (Å²) in [6.45, 7) is 6.46. The van der Waals surface area contributed by atoms with E-state index in [1.165, 1.54) is 116 Å². The summed E-state index contributed by atoms with van der Waals surface area (Å²) in [5.74, 6) is -0.960. The smallest absolute Gasteiger partial charge is 0.306 e. The molecule has 0 bridgehead atoms. The topological polar surface area (TPSA) is 78.9 Å². The first-order chi connectivity index (χ1) is 36.0. The Bertz CT molecular complexity index is 1490. The molecule has 1 atom stereocenters. The maximum Gasteiger partial charge on any atom is 0.306 e. The van der Waals surface area contributed by atoms with Crippen LogP contribution in [-0.2, 0) is 28.6 Å². The summed E-state index contributed by atoms with van der Waals surface area (Å²) in [6, 6.07) is 0. The van der Waals surface area contributed by atoms with E-state index in [2.05, 4.69) is 130 Å². The minimum Gasteiger partial charge on any atom is -0.462 e. The van der Waals surface area contributed by atoms with Crippen molar-refractivity contribution in [2.45, 2.75) is 284 Å². The van der Waals surface area contributed by atoms with Gasteiger partial charge in [-0.05, 0) is 109 Å². The molecule has 0 saturated heterocycles. The second kappa shape index (κ2) is 60.6. The number of carbonyl (C=O) groups is 3. The van der Waals surface area contributed by atoms with E-state index in [-0.39, 0.29) is 37.5 Å². The van der Waals surface area contributed by atoms with E-state index >= 15 is 0 Å². The Labute approximate surface area is 450 Å². The highest BCUT2D eigenvalue weighted by Gasteiger charge is 2.19. The van der Waals surface area contributed by atoms with E-state index in [0.717, 1.165) is 122 Å². The first-order valence-corrected chi connectivity index (χ1v) is 30.4. The predicted octanol–water partition coefficient (Wildman–Crippen LogP) is 20.7. The minimum atomic E-state index is -0.810. The summed E-state index contributed by atoms with van der Waals surface area (Å²) < 4.78 is 16.9. The van der Waals surface area contributed by atoms with Crippen molar-refractivity contribution < 1.29 is 28.6 Å². The Kier molecular flexibility index (Phi) is 57.4. The highest BCUT2D eigenvalue weighted by molar-refractivity contribution is 5.71. The zero-order valence-electron chi connectivity index (χ0n) is 47.6. The van der Waals surface area contributed by atoms with E-state index in [0.29, 0.717) is 12.8 Å². The summed E-state index contributed by atoms with van der Waals surface area (Å²) in [7, 11) is 0. The molecule has 0 spiro atoms. The van der Waals surface area contributed by atoms with Gasteiger partial charge in [-0.3, -0.25) is 14.4 Å². The third-order valence-electron chi connectivity index (χ3n) is 12.8. The zero-order chi connectivity index (χ0) is 52.9. The van der Waals surface area contributed by atoms with Crippen molar-refractivity contribution in [2.75, 3.05) is 13.2 Å². The van der Waals surface area contributed by atoms with Crippen molar-refractivity contribution in [3.63, 3.8) is 0 Å². The second-order valence-corrected chi connectivity index (χ2v) is 19.9. The minimum absolute atomic E-state index is 0.101. The SMILES string of the molecule is CC/C=C/C/C=C/C/C=C/C/C=C/C/C=C/CCCCCC(=O)OC[C@@H](COC(=O)CCCCCCCCCCCCCCCCCCC)OC(=O)CCCCC/C=C/C/C=C/C/C=C/C/C=C/CCCCC. The van der Waals surface area contributed by atoms with Crippen molar-refractivity contribution in [3.05, 3.63) is 109 Å². The van der Waals surface area contributed by atoms with Crippen molar-refractivity contribution in [2.24, 2.45) is 0 Å². The van der Waals surface area contributed by atoms with Crippen LogP contribution in [0.15, 0.2) is 109 Å². The van der Waals surface area contributed by atoms with Gasteiger partial charge in [0, 0.05) is 19.3 Å². The monoisotopic (exact) mass is 1010 g/mol. The fraction of sp³-hybridized carbons (Fsp3) is 0.687. The maximum atomic E-state index is 12.9. The molecule has 0 aromatic carbocycles. The zero-order valence-corrected chi connectivity index (χ0v) is 47.6. The first-order valence-electron chi connectivity index (χ1n) is 30.4. The van der Waals surface area contributed by atoms with Gasteiger partial charge in [-0.25, -0.2) is 0 Å². The number of carbonyl (C=O) groups excluding carboxylic acids is 3. The van der Waals surface area contributed by atoms with Crippen LogP contribution in [0.1, 0.15) is 278 Å². The summed E-state index contributed by atoms with van der Waals surface area (Å²) in [4.78, 5) is 38.3. The van der Waals surface area contributed by atoms with Crippen LogP contribution in [0.5, 0.6) is 0 Å². The van der Waals surface area contributed by atoms with Gasteiger partial charge >= 0.3 is 17.9 Å². The number of allylic oxidation sites excluding steroid dienone is 18. The van der Waals surface area contributed by atoms with Crippen LogP contribution in [0.25, 0.3) is 0 Å². The third kappa shape index (κ3) is 58.8. The van der Waals surface area contributed by atoms with E-state index in [4.69, 9.17) is 14.2 Å². The van der Waals surface area contributed by atoms with Crippen molar-refractivity contribution in [1.82, 2.24) is 0 Å². The van der Waals surface area contributed by atoms with Crippen LogP contribution in [0.2, 0.25) is 0 Å². The number of hydrogen-bond acceptors (Lipinski definition) is 6. The fourth-order valence-corrected chi connectivity index (χ4v) is 8.22. The second-order valence-electron chi connectivity index (χ2n) is 19.9. The lowest BCUT2D eigenvalue weighted by Gasteiger charge is -2.18. The molecular formula is C67H112O6. The van der Waals surface area contributed by atoms with Gasteiger partial charge in [0.2, 0.25) is 0 Å². The standard InChI is InChI=1S/C67H112O6/c1-4-7-10-13-16-19-22-25-28-31-33-36-39-42-45-48-51-54-57-60-66(69)72-63-64(62-71-65(68)59-56-53-50-47-44-41-38-35-30-27-24-21-18-15-12-9-6-3)73-67(70)61-58-55-52-49-46-43-40-37-34-32-29-26-23-20-17-14-11-8-5-2/h7,10,16-17,19-20,25-26,28-29,33-34,36-37,42-43,45-46,64H,4-6,8-9,11-15,18,21-24,27,30-32,35,38-41,44,47-63H2,1-3H3/b10-7+,19-16+,20-17+,28-25+,29-26+,36-33+,37-34+,45-42+,46-43+/t64-/m1/s1. The summed E-state index contributed by atoms with van der Waals surface area (Å²) in [5.41, 5.74) is 0. The normalized spacial score (nSPS) is 12.9. The molecule has 416 valence electrons. The molecule has 0 aromatic heterocycles. The Morgan fingerprint density at radius 3 is 0.863 bits per heavy atom. The van der Waals surface area contributed by atoms with Gasteiger partial charge < -0.3 is 14.2 Å². The number of unbranched alkanes of at least 4 members (excludes halogenated alkanes) is 25. The molecule has 73 heavy (non-hydrogen) atoms. The van der Waals surface area contributed by atoms with Gasteiger partial charge in [0.25, 0.3) is 0 Å². The summed E-state index contributed by atoms with van der Waals surface area (Å²) in [6.07, 6.45) is 82.2. The Hall–Kier alpha value is -3.93. The van der Waals surface area contributed by atoms with Crippen molar-refractivity contribution in [3.8, 4) is 0 Å². The predicted molar refractivity (Wildman–Crippen MR) is 316 cm³/mol. The molecule has 0 saturated carbocycles. The molecule has 0 fully saturated rings. The van der Waals surface area contributed by atoms with Crippen LogP contribution >= 0.6 is 0 Å². The molecule has 0 aromatic rings. The van der Waals surface area contributed by atoms with E-state index in [1.54, 1.807) is 0 Å². The van der Waals surface area contributed by atoms with E-state index < -0.39 is 6.10 Å². The molecule has 6 heteroatoms. The lowest BCUT2D eigenvalue weighted by molar-refractivity contribution is -0.167. The van der Waals surface area contributed by atoms with Crippen LogP contribution in [0.4, 0.5) is 0 Å². The van der Waals surface area contributed by atoms with E-state index in [1.807, 2.05) is 0 Å². The van der Waals surface area contributed by atoms with Crippen molar-refractivity contribution >= 4 is 17.9 Å². The summed E-state index contributed by atoms with van der Waals surface area (Å²) >= 11 is 0. The van der Waals surface area contributed by atoms with Gasteiger partial charge in [-0.1, -0.05) is 259 Å². The average molecular weight is 1010 g/mol. The number of esters is 3. The molecule has 0 aliphatic rings. The molecule has 0 radical (unpaired) electrons. The van der Waals surface area contributed by atoms with Gasteiger partial charge in [0.15, 0.2) is 6.10 Å². The molecule has 6 nitrogen and oxygen atoms in total. The maximum absolute atomic E-state index is 12.9. The van der Waals surface area contributed by atoms with Crippen LogP contribution in [0.3, 0.4) is 0 Å². The quantitative estimate of drug-likeness (QED) is 0.0261. The molecule has 0 heterocycles. The molecular weight excluding hydrogens is 901 g/mol. The Morgan fingerprint density at radius 1 is 0.288 bits per heavy atom. The number of hydrogen-bond donors (Lipinski definition) is 0. The van der Waals surface area contributed by atoms with Crippen LogP contribution < -0.4 is 0 Å². The van der Waals surface area contributed by atoms with Crippen molar-refractivity contribution in [1.29, 1.82) is 0 Å². The Morgan fingerprint density at radius 2 is 0.534 bits per heavy atom. The highest BCUT2D eigenvalue weighted by atomic mass is 16.6. The van der Waals surface area contributed by atoms with Gasteiger partial charge in [0.05, 0.1) is 0 Å². The third-order valence-corrected chi connectivity index (χ3v) is 12.8. The summed E-state index contributed by atoms with van der Waals surface area (Å²) in [5, 5.41) is 0. The molecule has 0 amide bonds. The van der Waals surface area contributed by atoms with Crippen LogP contribution in [-0.4, -0.2) is 37.2 Å². The van der Waals surface area contributed by atoms with Gasteiger partial charge in [0.1, 0.15) is 13.2 Å². The molecule has 0 rings (SSSR count). The fourth-order valence-electron chi connectivity index (χ4n) is 8.22. The average Bonchev–Trinajstić information content (AvgIpc) is 3.39. The number of rotatable bonds is 54. The molecule has 0 aliphatic carbocycles. The number of ether oxygens (including phenoxy) is 3. The lowest BCUT2D eigenvalue weighted by Crippen LogP contribution is -2.30. The van der Waals surface area contributed by atoms with E-state index in [9.17, 15) is 14.4 Å². The first kappa shape index (κ1) is 69.1. The Balaban J connectivity index is 4.51. The lowest BCUT2D eigenvalue weighted by atomic mass is 10.0. The molecule has 0 aliphatic heterocycles. The van der Waals surface area contributed by atoms with Crippen LogP contribution in [0, 0.1) is 0 Å². The molecule has 0 N–H and O–H groups in total. The van der Waals surface area contributed by atoms with Gasteiger partial charge in [-0.15, -0.1) is 0 Å². The van der Waals surface area contributed by atoms with Gasteiger partial charge in [-0.2, -0.15) is 0 Å².